The Kier molecular flexibility index (Phi) is 19.6. The van der Waals surface area contributed by atoms with Crippen LogP contribution in [0, 0.1) is 0 Å². The maximum atomic E-state index is 13.8. The molecule has 0 aromatic heterocycles. The summed E-state index contributed by atoms with van der Waals surface area (Å²) in [5, 5.41) is 3.23. The minimum absolute atomic E-state index is 0. The van der Waals surface area contributed by atoms with E-state index in [4.69, 9.17) is 18.9 Å². The van der Waals surface area contributed by atoms with Crippen molar-refractivity contribution in [3.63, 3.8) is 0 Å². The molecule has 4 aliphatic heterocycles. The highest BCUT2D eigenvalue weighted by Crippen LogP contribution is 2.36. The van der Waals surface area contributed by atoms with Crippen LogP contribution in [0.5, 0.6) is 0 Å². The molecule has 4 heterocycles. The number of carbonyl (C=O) groups excluding carboxylic acids is 3. The van der Waals surface area contributed by atoms with Crippen LogP contribution in [0.15, 0.2) is 36.4 Å². The molecule has 0 aliphatic carbocycles. The number of halogens is 6. The van der Waals surface area contributed by atoms with E-state index in [0.29, 0.717) is 83.6 Å². The monoisotopic (exact) mass is 919 g/mol. The first-order chi connectivity index (χ1) is 29.4. The summed E-state index contributed by atoms with van der Waals surface area (Å²) in [6.07, 6.45) is -9.30. The third-order valence-corrected chi connectivity index (χ3v) is 10.5. The van der Waals surface area contributed by atoms with Crippen LogP contribution in [0.2, 0.25) is 0 Å². The summed E-state index contributed by atoms with van der Waals surface area (Å²) >= 11 is 0. The summed E-state index contributed by atoms with van der Waals surface area (Å²) in [5.41, 5.74) is -1.51. The maximum Gasteiger partial charge on any atom is 0.417 e. The number of rotatable bonds is 5. The van der Waals surface area contributed by atoms with Gasteiger partial charge in [0.1, 0.15) is 11.2 Å². The van der Waals surface area contributed by atoms with E-state index in [2.05, 4.69) is 5.32 Å². The van der Waals surface area contributed by atoms with Gasteiger partial charge in [-0.05, 0) is 91.3 Å². The molecule has 4 aliphatic rings. The molecule has 2 aromatic rings. The van der Waals surface area contributed by atoms with E-state index >= 15 is 0 Å². The first-order valence-corrected chi connectivity index (χ1v) is 21.3. The van der Waals surface area contributed by atoms with Crippen LogP contribution in [-0.4, -0.2) is 148 Å². The normalized spacial score (nSPS) is 20.2. The Hall–Kier alpha value is -4.33. The molecule has 19 heteroatoms. The summed E-state index contributed by atoms with van der Waals surface area (Å²) < 4.78 is 101. The number of hydrogen-bond acceptors (Lipinski definition) is 11. The quantitative estimate of drug-likeness (QED) is 0.231. The minimum Gasteiger partial charge on any atom is -0.444 e. The van der Waals surface area contributed by atoms with E-state index in [9.17, 15) is 40.7 Å². The molecule has 0 saturated carbocycles. The predicted molar refractivity (Wildman–Crippen MR) is 234 cm³/mol. The molecular weight excluding hydrogens is 851 g/mol. The van der Waals surface area contributed by atoms with Crippen LogP contribution in [0.3, 0.4) is 0 Å². The van der Waals surface area contributed by atoms with E-state index in [1.54, 1.807) is 21.9 Å². The van der Waals surface area contributed by atoms with E-state index in [-0.39, 0.29) is 55.7 Å². The summed E-state index contributed by atoms with van der Waals surface area (Å²) in [4.78, 5) is 43.8. The number of aldehydes is 1. The molecule has 2 amide bonds. The van der Waals surface area contributed by atoms with Crippen LogP contribution >= 0.6 is 0 Å². The topological polar surface area (TPSA) is 116 Å². The summed E-state index contributed by atoms with van der Waals surface area (Å²) in [7, 11) is 0. The van der Waals surface area contributed by atoms with Gasteiger partial charge in [0.25, 0.3) is 0 Å². The van der Waals surface area contributed by atoms with Crippen molar-refractivity contribution in [2.45, 2.75) is 105 Å². The Morgan fingerprint density at radius 1 is 0.688 bits per heavy atom. The lowest BCUT2D eigenvalue weighted by atomic mass is 10.0. The number of benzene rings is 2. The average Bonchev–Trinajstić information content (AvgIpc) is 3.20. The second-order valence-corrected chi connectivity index (χ2v) is 17.9. The van der Waals surface area contributed by atoms with Gasteiger partial charge in [0.2, 0.25) is 0 Å². The number of piperazine rings is 2. The lowest BCUT2D eigenvalue weighted by Crippen LogP contribution is -2.54. The number of carbonyl (C=O) groups is 3. The third kappa shape index (κ3) is 16.6. The van der Waals surface area contributed by atoms with Gasteiger partial charge in [0.15, 0.2) is 6.29 Å². The molecule has 2 aromatic carbocycles. The largest absolute Gasteiger partial charge is 0.444 e. The summed E-state index contributed by atoms with van der Waals surface area (Å²) in [6, 6.07) is 8.43. The van der Waals surface area contributed by atoms with Gasteiger partial charge in [-0.25, -0.2) is 9.59 Å². The number of amides is 2. The van der Waals surface area contributed by atoms with Gasteiger partial charge < -0.3 is 43.9 Å². The molecule has 64 heavy (non-hydrogen) atoms. The van der Waals surface area contributed by atoms with Crippen molar-refractivity contribution >= 4 is 29.8 Å². The van der Waals surface area contributed by atoms with Gasteiger partial charge in [-0.2, -0.15) is 26.3 Å². The second-order valence-electron chi connectivity index (χ2n) is 17.9. The standard InChI is InChI=1S/C22H32F3N3O3.C12H12F3NO2.C10H20N2O2.CH4/c1-16-14-26(7-8-28(16)20(29)31-21(2,3)4)15-17-5-6-18(13-19(17)22(23,24)25)27-9-11-30-12-10-27;13-12(14,15)11-7-10(2-1-9(11)8-17)16-3-5-18-6-4-16;1-8-7-11-5-6-12(8)9(13)14-10(2,3)4;/h5-6,13,16H,7-12,14-15H2,1-4H3;1-2,7-8H,3-6H2;8,11H,5-7H2,1-4H3;1H4/t16-;;8-;/m1.1./s1. The number of morpholine rings is 2. The zero-order valence-corrected chi connectivity index (χ0v) is 37.7. The van der Waals surface area contributed by atoms with E-state index < -0.39 is 34.7 Å². The van der Waals surface area contributed by atoms with Crippen molar-refractivity contribution in [3.05, 3.63) is 58.7 Å². The van der Waals surface area contributed by atoms with Gasteiger partial charge in [-0.3, -0.25) is 9.69 Å². The van der Waals surface area contributed by atoms with Crippen LogP contribution < -0.4 is 15.1 Å². The predicted octanol–water partition coefficient (Wildman–Crippen LogP) is 8.19. The second kappa shape index (κ2) is 23.2. The summed E-state index contributed by atoms with van der Waals surface area (Å²) in [6.45, 7) is 23.3. The Labute approximate surface area is 374 Å². The Morgan fingerprint density at radius 2 is 1.16 bits per heavy atom. The van der Waals surface area contributed by atoms with Gasteiger partial charge >= 0.3 is 24.5 Å². The zero-order chi connectivity index (χ0) is 46.8. The average molecular weight is 919 g/mol. The molecule has 4 fully saturated rings. The number of hydrogen-bond donors (Lipinski definition) is 1. The lowest BCUT2D eigenvalue weighted by molar-refractivity contribution is -0.139. The highest BCUT2D eigenvalue weighted by Gasteiger charge is 2.37. The van der Waals surface area contributed by atoms with E-state index in [1.165, 1.54) is 18.2 Å². The Morgan fingerprint density at radius 3 is 1.59 bits per heavy atom. The van der Waals surface area contributed by atoms with Crippen molar-refractivity contribution in [2.24, 2.45) is 0 Å². The Bertz CT molecular complexity index is 1810. The van der Waals surface area contributed by atoms with Crippen LogP contribution in [-0.2, 0) is 37.8 Å². The molecule has 2 atom stereocenters. The smallest absolute Gasteiger partial charge is 0.417 e. The van der Waals surface area contributed by atoms with Crippen LogP contribution in [0.1, 0.15) is 89.9 Å². The molecule has 0 radical (unpaired) electrons. The molecule has 6 rings (SSSR count). The van der Waals surface area contributed by atoms with Gasteiger partial charge in [0, 0.05) is 101 Å². The molecule has 13 nitrogen and oxygen atoms in total. The van der Waals surface area contributed by atoms with E-state index in [1.807, 2.05) is 70.1 Å². The highest BCUT2D eigenvalue weighted by atomic mass is 19.4. The minimum atomic E-state index is -4.52. The summed E-state index contributed by atoms with van der Waals surface area (Å²) in [5.74, 6) is 0. The van der Waals surface area contributed by atoms with Gasteiger partial charge in [0.05, 0.1) is 37.6 Å². The number of ether oxygens (including phenoxy) is 4. The zero-order valence-electron chi connectivity index (χ0n) is 37.7. The molecule has 0 spiro atoms. The molecular formula is C45H68F6N6O7. The molecule has 4 saturated heterocycles. The number of alkyl halides is 6. The van der Waals surface area contributed by atoms with Crippen LogP contribution in [0.4, 0.5) is 47.3 Å². The van der Waals surface area contributed by atoms with Gasteiger partial charge in [-0.1, -0.05) is 13.5 Å². The van der Waals surface area contributed by atoms with E-state index in [0.717, 1.165) is 25.7 Å². The van der Waals surface area contributed by atoms with Crippen molar-refractivity contribution in [3.8, 4) is 0 Å². The van der Waals surface area contributed by atoms with Gasteiger partial charge in [-0.15, -0.1) is 0 Å². The lowest BCUT2D eigenvalue weighted by Gasteiger charge is -2.40. The first kappa shape index (κ1) is 54.0. The van der Waals surface area contributed by atoms with Crippen molar-refractivity contribution in [2.75, 3.05) is 102 Å². The van der Waals surface area contributed by atoms with Crippen LogP contribution in [0.25, 0.3) is 0 Å². The number of anilines is 2. The fraction of sp³-hybridized carbons (Fsp3) is 0.667. The van der Waals surface area contributed by atoms with Crippen molar-refractivity contribution < 1.29 is 59.7 Å². The molecule has 0 unspecified atom stereocenters. The maximum absolute atomic E-state index is 13.8. The fourth-order valence-electron chi connectivity index (χ4n) is 7.34. The third-order valence-electron chi connectivity index (χ3n) is 10.5. The Balaban J connectivity index is 0.000000279. The molecule has 0 bridgehead atoms. The number of nitrogens with zero attached hydrogens (tertiary/aromatic N) is 5. The highest BCUT2D eigenvalue weighted by molar-refractivity contribution is 5.79. The molecule has 362 valence electrons. The molecule has 1 N–H and O–H groups in total. The van der Waals surface area contributed by atoms with Crippen molar-refractivity contribution in [1.82, 2.24) is 20.0 Å². The fourth-order valence-corrected chi connectivity index (χ4v) is 7.34. The SMILES string of the molecule is C.C[C@@H]1CN(Cc2ccc(N3CCOCC3)cc2C(F)(F)F)CCN1C(=O)OC(C)(C)C.C[C@@H]1CNCCN1C(=O)OC(C)(C)C.O=Cc1ccc(N2CCOCC2)cc1C(F)(F)F. The first-order valence-electron chi connectivity index (χ1n) is 21.3. The number of nitrogens with one attached hydrogen (secondary N) is 1. The van der Waals surface area contributed by atoms with Crippen molar-refractivity contribution in [1.29, 1.82) is 0 Å².